The van der Waals surface area contributed by atoms with Crippen molar-refractivity contribution in [1.29, 1.82) is 0 Å². The number of hydrogen-bond acceptors (Lipinski definition) is 19. The van der Waals surface area contributed by atoms with E-state index in [0.717, 1.165) is 30.3 Å². The van der Waals surface area contributed by atoms with E-state index < -0.39 is 126 Å². The molecule has 55 heavy (non-hydrogen) atoms. The van der Waals surface area contributed by atoms with Crippen LogP contribution in [0.5, 0.6) is 34.5 Å². The van der Waals surface area contributed by atoms with Crippen molar-refractivity contribution in [3.05, 3.63) is 76.5 Å². The lowest BCUT2D eigenvalue weighted by atomic mass is 9.99. The maximum atomic E-state index is 14.0. The average molecular weight is 773 g/mol. The van der Waals surface area contributed by atoms with Crippen LogP contribution in [0.15, 0.2) is 69.9 Å². The van der Waals surface area contributed by atoms with Gasteiger partial charge in [0.15, 0.2) is 17.3 Å². The molecule has 0 saturated carbocycles. The third kappa shape index (κ3) is 8.15. The number of phenolic OH excluding ortho intramolecular Hbond substituents is 4. The zero-order valence-corrected chi connectivity index (χ0v) is 28.2. The largest absolute Gasteiger partial charge is 0.508 e. The molecule has 1 aromatic heterocycles. The van der Waals surface area contributed by atoms with Gasteiger partial charge in [-0.25, -0.2) is 4.79 Å². The van der Waals surface area contributed by atoms with Crippen LogP contribution in [0.4, 0.5) is 0 Å². The highest BCUT2D eigenvalue weighted by molar-refractivity contribution is 5.89. The van der Waals surface area contributed by atoms with Gasteiger partial charge in [-0.15, -0.1) is 0 Å². The normalized spacial score (nSPS) is 28.3. The number of aliphatic hydroxyl groups excluding tert-OH is 7. The predicted octanol–water partition coefficient (Wildman–Crippen LogP) is -1.10. The highest BCUT2D eigenvalue weighted by Gasteiger charge is 2.47. The molecule has 2 saturated heterocycles. The Kier molecular flexibility index (Phi) is 11.5. The Balaban J connectivity index is 1.31. The number of carbonyl (C=O) groups excluding carboxylic acids is 1. The van der Waals surface area contributed by atoms with Crippen LogP contribution in [0.25, 0.3) is 28.4 Å². The predicted molar refractivity (Wildman–Crippen MR) is 183 cm³/mol. The number of phenols is 4. The molecule has 0 spiro atoms. The first-order valence-electron chi connectivity index (χ1n) is 16.5. The molecule has 19 heteroatoms. The Hall–Kier alpha value is -5.48. The lowest BCUT2D eigenvalue weighted by molar-refractivity contribution is -0.278. The molecule has 2 aliphatic heterocycles. The SMILES string of the molecule is O=C(/C=C/c1ccc(O)cc1)OC[C@@H]1O[C@@H](Oc2c(-c3ccc(O)c(O)c3)oc3cc(O[C@@H]4O[C@@H](CO)[C@@H](O)[C@@H](O)[C@H]4O)cc(O)c3c2=O)[C@H](O)[C@H](O)[C@@H]1O. The molecule has 0 unspecified atom stereocenters. The van der Waals surface area contributed by atoms with Gasteiger partial charge in [-0.2, -0.15) is 0 Å². The summed E-state index contributed by atoms with van der Waals surface area (Å²) in [6.45, 7) is -1.43. The number of aliphatic hydroxyl groups is 7. The van der Waals surface area contributed by atoms with Crippen molar-refractivity contribution in [3.8, 4) is 45.8 Å². The summed E-state index contributed by atoms with van der Waals surface area (Å²) < 4.78 is 33.4. The summed E-state index contributed by atoms with van der Waals surface area (Å²) in [5, 5.41) is 112. The zero-order valence-electron chi connectivity index (χ0n) is 28.2. The van der Waals surface area contributed by atoms with Gasteiger partial charge < -0.3 is 84.3 Å². The molecule has 6 rings (SSSR count). The molecule has 0 amide bonds. The van der Waals surface area contributed by atoms with Crippen molar-refractivity contribution in [2.24, 2.45) is 0 Å². The van der Waals surface area contributed by atoms with Crippen LogP contribution in [-0.2, 0) is 19.0 Å². The first-order valence-corrected chi connectivity index (χ1v) is 16.5. The Morgan fingerprint density at radius 1 is 0.709 bits per heavy atom. The summed E-state index contributed by atoms with van der Waals surface area (Å²) in [5.41, 5.74) is -1.07. The number of esters is 1. The van der Waals surface area contributed by atoms with Gasteiger partial charge in [0.2, 0.25) is 23.8 Å². The van der Waals surface area contributed by atoms with E-state index in [2.05, 4.69) is 0 Å². The van der Waals surface area contributed by atoms with Crippen molar-refractivity contribution in [2.45, 2.75) is 61.4 Å². The average Bonchev–Trinajstić information content (AvgIpc) is 3.16. The van der Waals surface area contributed by atoms with Crippen LogP contribution < -0.4 is 14.9 Å². The van der Waals surface area contributed by atoms with E-state index in [0.29, 0.717) is 5.56 Å². The second-order valence-corrected chi connectivity index (χ2v) is 12.6. The quantitative estimate of drug-likeness (QED) is 0.0518. The molecule has 294 valence electrons. The monoisotopic (exact) mass is 772 g/mol. The molecule has 2 fully saturated rings. The Morgan fingerprint density at radius 2 is 1.35 bits per heavy atom. The fraction of sp³-hybridized carbons (Fsp3) is 0.333. The van der Waals surface area contributed by atoms with E-state index in [4.69, 9.17) is 28.1 Å². The minimum atomic E-state index is -2.03. The first-order chi connectivity index (χ1) is 26.2. The number of hydrogen-bond donors (Lipinski definition) is 11. The van der Waals surface area contributed by atoms with E-state index in [1.165, 1.54) is 36.4 Å². The van der Waals surface area contributed by atoms with Gasteiger partial charge in [0.25, 0.3) is 0 Å². The summed E-state index contributed by atoms with van der Waals surface area (Å²) in [6.07, 6.45) is -15.2. The van der Waals surface area contributed by atoms with Gasteiger partial charge in [-0.3, -0.25) is 4.79 Å². The Morgan fingerprint density at radius 3 is 2.00 bits per heavy atom. The molecular formula is C36H36O19. The summed E-state index contributed by atoms with van der Waals surface area (Å²) in [4.78, 5) is 26.4. The van der Waals surface area contributed by atoms with Gasteiger partial charge in [0, 0.05) is 23.8 Å². The molecule has 0 radical (unpaired) electrons. The Bertz CT molecular complexity index is 2100. The molecule has 0 aliphatic carbocycles. The zero-order chi connectivity index (χ0) is 39.7. The summed E-state index contributed by atoms with van der Waals surface area (Å²) in [6, 6.07) is 11.0. The second-order valence-electron chi connectivity index (χ2n) is 12.6. The number of benzene rings is 3. The van der Waals surface area contributed by atoms with Gasteiger partial charge >= 0.3 is 5.97 Å². The molecule has 19 nitrogen and oxygen atoms in total. The van der Waals surface area contributed by atoms with Crippen molar-refractivity contribution in [1.82, 2.24) is 0 Å². The minimum absolute atomic E-state index is 0.0149. The fourth-order valence-electron chi connectivity index (χ4n) is 5.82. The van der Waals surface area contributed by atoms with E-state index in [1.807, 2.05) is 0 Å². The van der Waals surface area contributed by atoms with E-state index >= 15 is 0 Å². The van der Waals surface area contributed by atoms with Crippen LogP contribution in [0.2, 0.25) is 0 Å². The van der Waals surface area contributed by atoms with Crippen LogP contribution in [0.3, 0.4) is 0 Å². The number of aromatic hydroxyl groups is 4. The molecule has 2 aliphatic rings. The number of ether oxygens (including phenoxy) is 5. The fourth-order valence-corrected chi connectivity index (χ4v) is 5.82. The molecule has 0 bridgehead atoms. The second kappa shape index (κ2) is 16.1. The highest BCUT2D eigenvalue weighted by atomic mass is 16.7. The topological polar surface area (TPSA) is 316 Å². The van der Waals surface area contributed by atoms with Gasteiger partial charge in [0.1, 0.15) is 83.7 Å². The summed E-state index contributed by atoms with van der Waals surface area (Å²) in [7, 11) is 0. The number of rotatable bonds is 10. The van der Waals surface area contributed by atoms with E-state index in [1.54, 1.807) is 0 Å². The van der Waals surface area contributed by atoms with Crippen LogP contribution in [0, 0.1) is 0 Å². The summed E-state index contributed by atoms with van der Waals surface area (Å²) in [5.74, 6) is -4.45. The van der Waals surface area contributed by atoms with Crippen molar-refractivity contribution in [2.75, 3.05) is 13.2 Å². The molecule has 10 atom stereocenters. The molecule has 3 aromatic carbocycles. The van der Waals surface area contributed by atoms with Crippen LogP contribution >= 0.6 is 0 Å². The molecule has 3 heterocycles. The lowest BCUT2D eigenvalue weighted by Crippen LogP contribution is -2.60. The molecular weight excluding hydrogens is 736 g/mol. The molecule has 4 aromatic rings. The third-order valence-corrected chi connectivity index (χ3v) is 8.84. The standard InChI is InChI=1S/C36H36O19/c37-12-22-26(43)29(46)31(48)35(53-22)51-17-10-20(41)25-21(11-17)52-33(15-4-7-18(39)19(40)9-15)34(28(25)45)55-36-32(49)30(47)27(44)23(54-36)13-50-24(42)8-3-14-1-5-16(38)6-2-14/h1-11,22-23,26-27,29-32,35-41,43-44,46-49H,12-13H2/b8-3+/t22-,23-,26+,27+,29+,30+,31+,32+,35+,36-/m0/s1. The van der Waals surface area contributed by atoms with E-state index in [9.17, 15) is 65.8 Å². The maximum Gasteiger partial charge on any atom is 0.330 e. The lowest BCUT2D eigenvalue weighted by Gasteiger charge is -2.39. The highest BCUT2D eigenvalue weighted by Crippen LogP contribution is 2.40. The van der Waals surface area contributed by atoms with Crippen molar-refractivity contribution < 1.29 is 89.1 Å². The number of fused-ring (bicyclic) bond motifs is 1. The van der Waals surface area contributed by atoms with Crippen LogP contribution in [0.1, 0.15) is 5.56 Å². The van der Waals surface area contributed by atoms with Gasteiger partial charge in [0.05, 0.1) is 6.61 Å². The van der Waals surface area contributed by atoms with Crippen molar-refractivity contribution >= 4 is 23.0 Å². The number of carbonyl (C=O) groups is 1. The first kappa shape index (κ1) is 39.2. The summed E-state index contributed by atoms with van der Waals surface area (Å²) >= 11 is 0. The van der Waals surface area contributed by atoms with Crippen molar-refractivity contribution in [3.63, 3.8) is 0 Å². The molecule has 11 N–H and O–H groups in total. The van der Waals surface area contributed by atoms with E-state index in [-0.39, 0.29) is 17.1 Å². The third-order valence-electron chi connectivity index (χ3n) is 8.84. The Labute approximate surface area is 308 Å². The minimum Gasteiger partial charge on any atom is -0.508 e. The van der Waals surface area contributed by atoms with Crippen LogP contribution in [-0.4, -0.2) is 137 Å². The maximum absolute atomic E-state index is 14.0. The smallest absolute Gasteiger partial charge is 0.330 e. The van der Waals surface area contributed by atoms with Gasteiger partial charge in [-0.05, 0) is 42.0 Å². The van der Waals surface area contributed by atoms with Gasteiger partial charge in [-0.1, -0.05) is 12.1 Å².